The van der Waals surface area contributed by atoms with Crippen LogP contribution in [0.25, 0.3) is 0 Å². The number of carbonyl (C=O) groups excluding carboxylic acids is 1. The van der Waals surface area contributed by atoms with Crippen molar-refractivity contribution < 1.29 is 23.7 Å². The minimum Gasteiger partial charge on any atom is -0.496 e. The van der Waals surface area contributed by atoms with Gasteiger partial charge in [-0.2, -0.15) is 0 Å². The first-order chi connectivity index (χ1) is 12.2. The number of benzene rings is 2. The predicted octanol–water partition coefficient (Wildman–Crippen LogP) is 2.45. The number of hydrogen-bond donors (Lipinski definition) is 1. The van der Waals surface area contributed by atoms with E-state index >= 15 is 0 Å². The van der Waals surface area contributed by atoms with Crippen LogP contribution in [0.4, 0.5) is 0 Å². The number of fused-ring (bicyclic) bond motifs is 1. The summed E-state index contributed by atoms with van der Waals surface area (Å²) >= 11 is 0. The van der Waals surface area contributed by atoms with E-state index in [1.165, 1.54) is 7.11 Å². The Hall–Kier alpha value is -2.89. The zero-order chi connectivity index (χ0) is 17.6. The number of methoxy groups -OCH3 is 2. The molecule has 1 aliphatic rings. The van der Waals surface area contributed by atoms with Gasteiger partial charge in [0, 0.05) is 12.1 Å². The lowest BCUT2D eigenvalue weighted by Crippen LogP contribution is -2.26. The van der Waals surface area contributed by atoms with Crippen molar-refractivity contribution in [2.75, 3.05) is 34.0 Å². The fraction of sp³-hybridized carbons (Fsp3) is 0.316. The second-order valence-corrected chi connectivity index (χ2v) is 5.52. The van der Waals surface area contributed by atoms with Crippen molar-refractivity contribution in [1.82, 2.24) is 5.32 Å². The molecule has 25 heavy (non-hydrogen) atoms. The van der Waals surface area contributed by atoms with Crippen LogP contribution in [0.15, 0.2) is 36.4 Å². The first-order valence-electron chi connectivity index (χ1n) is 8.10. The zero-order valence-electron chi connectivity index (χ0n) is 14.3. The number of ether oxygens (including phenoxy) is 4. The standard InChI is InChI=1S/C19H21NO5/c1-22-15-6-4-3-5-13(15)7-8-20-19(21)14-11-16(23-2)18-17(12-14)24-9-10-25-18/h3-6,11-12H,7-10H2,1-2H3,(H,20,21). The maximum atomic E-state index is 12.4. The molecule has 0 aromatic heterocycles. The highest BCUT2D eigenvalue weighted by Gasteiger charge is 2.20. The average Bonchev–Trinajstić information content (AvgIpc) is 2.67. The normalized spacial score (nSPS) is 12.4. The van der Waals surface area contributed by atoms with Crippen LogP contribution in [0, 0.1) is 0 Å². The molecule has 1 heterocycles. The Morgan fingerprint density at radius 1 is 1.08 bits per heavy atom. The number of hydrogen-bond acceptors (Lipinski definition) is 5. The van der Waals surface area contributed by atoms with Gasteiger partial charge in [-0.05, 0) is 30.2 Å². The summed E-state index contributed by atoms with van der Waals surface area (Å²) in [5, 5.41) is 2.91. The minimum absolute atomic E-state index is 0.190. The molecule has 0 radical (unpaired) electrons. The van der Waals surface area contributed by atoms with Crippen molar-refractivity contribution in [3.05, 3.63) is 47.5 Å². The summed E-state index contributed by atoms with van der Waals surface area (Å²) in [5.74, 6) is 2.19. The summed E-state index contributed by atoms with van der Waals surface area (Å²) in [7, 11) is 3.18. The van der Waals surface area contributed by atoms with Crippen LogP contribution in [-0.2, 0) is 6.42 Å². The van der Waals surface area contributed by atoms with Gasteiger partial charge in [-0.1, -0.05) is 18.2 Å². The van der Waals surface area contributed by atoms with Crippen molar-refractivity contribution in [3.63, 3.8) is 0 Å². The largest absolute Gasteiger partial charge is 0.496 e. The molecule has 1 amide bonds. The summed E-state index contributed by atoms with van der Waals surface area (Å²) < 4.78 is 21.7. The first kappa shape index (κ1) is 17.0. The second-order valence-electron chi connectivity index (χ2n) is 5.52. The summed E-state index contributed by atoms with van der Waals surface area (Å²) in [6, 6.07) is 11.1. The van der Waals surface area contributed by atoms with Gasteiger partial charge < -0.3 is 24.3 Å². The van der Waals surface area contributed by atoms with Gasteiger partial charge >= 0.3 is 0 Å². The lowest BCUT2D eigenvalue weighted by atomic mass is 10.1. The Labute approximate surface area is 146 Å². The third-order valence-corrected chi connectivity index (χ3v) is 3.96. The number of amides is 1. The van der Waals surface area contributed by atoms with E-state index in [0.717, 1.165) is 11.3 Å². The van der Waals surface area contributed by atoms with Crippen molar-refractivity contribution >= 4 is 5.91 Å². The SMILES string of the molecule is COc1ccccc1CCNC(=O)c1cc(OC)c2c(c1)OCCO2. The van der Waals surface area contributed by atoms with Crippen molar-refractivity contribution in [3.8, 4) is 23.0 Å². The Bertz CT molecular complexity index is 742. The Morgan fingerprint density at radius 2 is 1.84 bits per heavy atom. The van der Waals surface area contributed by atoms with E-state index < -0.39 is 0 Å². The van der Waals surface area contributed by atoms with Crippen molar-refractivity contribution in [2.45, 2.75) is 6.42 Å². The van der Waals surface area contributed by atoms with Crippen LogP contribution in [-0.4, -0.2) is 39.9 Å². The molecular formula is C19H21NO5. The second kappa shape index (κ2) is 7.79. The number of carbonyl (C=O) groups is 1. The molecule has 0 saturated carbocycles. The summed E-state index contributed by atoms with van der Waals surface area (Å²) in [4.78, 5) is 12.4. The molecule has 2 aromatic carbocycles. The topological polar surface area (TPSA) is 66.0 Å². The van der Waals surface area contributed by atoms with Gasteiger partial charge in [-0.3, -0.25) is 4.79 Å². The molecule has 0 bridgehead atoms. The van der Waals surface area contributed by atoms with E-state index in [4.69, 9.17) is 18.9 Å². The van der Waals surface area contributed by atoms with Crippen LogP contribution in [0.3, 0.4) is 0 Å². The molecule has 1 N–H and O–H groups in total. The Balaban J connectivity index is 1.67. The van der Waals surface area contributed by atoms with Crippen molar-refractivity contribution in [2.24, 2.45) is 0 Å². The van der Waals surface area contributed by atoms with E-state index in [2.05, 4.69) is 5.32 Å². The molecule has 132 valence electrons. The highest BCUT2D eigenvalue weighted by molar-refractivity contribution is 5.95. The van der Waals surface area contributed by atoms with Gasteiger partial charge in [0.15, 0.2) is 11.5 Å². The van der Waals surface area contributed by atoms with E-state index in [9.17, 15) is 4.79 Å². The summed E-state index contributed by atoms with van der Waals surface area (Å²) in [6.07, 6.45) is 0.678. The zero-order valence-corrected chi connectivity index (χ0v) is 14.3. The molecule has 0 unspecified atom stereocenters. The van der Waals surface area contributed by atoms with Gasteiger partial charge in [0.25, 0.3) is 5.91 Å². The van der Waals surface area contributed by atoms with Crippen molar-refractivity contribution in [1.29, 1.82) is 0 Å². The maximum absolute atomic E-state index is 12.4. The van der Waals surface area contributed by atoms with E-state index in [1.54, 1.807) is 19.2 Å². The average molecular weight is 343 g/mol. The van der Waals surface area contributed by atoms with Crippen LogP contribution in [0.1, 0.15) is 15.9 Å². The van der Waals surface area contributed by atoms with E-state index in [-0.39, 0.29) is 5.91 Å². The molecule has 0 atom stereocenters. The fourth-order valence-corrected chi connectivity index (χ4v) is 2.73. The molecule has 1 aliphatic heterocycles. The predicted molar refractivity (Wildman–Crippen MR) is 93.0 cm³/mol. The molecule has 6 heteroatoms. The molecule has 2 aromatic rings. The maximum Gasteiger partial charge on any atom is 0.251 e. The van der Waals surface area contributed by atoms with Crippen LogP contribution >= 0.6 is 0 Å². The molecule has 0 spiro atoms. The van der Waals surface area contributed by atoms with E-state index in [1.807, 2.05) is 24.3 Å². The Kier molecular flexibility index (Phi) is 5.28. The van der Waals surface area contributed by atoms with Gasteiger partial charge in [-0.25, -0.2) is 0 Å². The number of rotatable bonds is 6. The molecule has 0 saturated heterocycles. The van der Waals surface area contributed by atoms with Gasteiger partial charge in [0.2, 0.25) is 5.75 Å². The quantitative estimate of drug-likeness (QED) is 0.873. The summed E-state index contributed by atoms with van der Waals surface area (Å²) in [6.45, 7) is 1.42. The van der Waals surface area contributed by atoms with Crippen LogP contribution in [0.2, 0.25) is 0 Å². The lowest BCUT2D eigenvalue weighted by Gasteiger charge is -2.21. The highest BCUT2D eigenvalue weighted by Crippen LogP contribution is 2.40. The first-order valence-corrected chi connectivity index (χ1v) is 8.10. The highest BCUT2D eigenvalue weighted by atomic mass is 16.6. The van der Waals surface area contributed by atoms with E-state index in [0.29, 0.717) is 49.0 Å². The number of para-hydroxylation sites is 1. The van der Waals surface area contributed by atoms with Gasteiger partial charge in [0.05, 0.1) is 14.2 Å². The molecular weight excluding hydrogens is 322 g/mol. The van der Waals surface area contributed by atoms with Crippen LogP contribution < -0.4 is 24.3 Å². The monoisotopic (exact) mass is 343 g/mol. The molecule has 6 nitrogen and oxygen atoms in total. The van der Waals surface area contributed by atoms with Gasteiger partial charge in [0.1, 0.15) is 19.0 Å². The Morgan fingerprint density at radius 3 is 2.64 bits per heavy atom. The fourth-order valence-electron chi connectivity index (χ4n) is 2.73. The minimum atomic E-state index is -0.190. The molecule has 0 fully saturated rings. The van der Waals surface area contributed by atoms with Gasteiger partial charge in [-0.15, -0.1) is 0 Å². The lowest BCUT2D eigenvalue weighted by molar-refractivity contribution is 0.0952. The smallest absolute Gasteiger partial charge is 0.251 e. The third-order valence-electron chi connectivity index (χ3n) is 3.96. The summed E-state index contributed by atoms with van der Waals surface area (Å²) in [5.41, 5.74) is 1.52. The van der Waals surface area contributed by atoms with Crippen LogP contribution in [0.5, 0.6) is 23.0 Å². The molecule has 3 rings (SSSR count). The number of nitrogens with one attached hydrogen (secondary N) is 1. The molecule has 0 aliphatic carbocycles. The third kappa shape index (κ3) is 3.79.